The summed E-state index contributed by atoms with van der Waals surface area (Å²) in [6.45, 7) is 5.84. The fourth-order valence-electron chi connectivity index (χ4n) is 3.68. The van der Waals surface area contributed by atoms with Crippen LogP contribution < -0.4 is 9.62 Å². The molecule has 0 heterocycles. The zero-order valence-electron chi connectivity index (χ0n) is 21.9. The number of anilines is 1. The van der Waals surface area contributed by atoms with Crippen LogP contribution in [0.2, 0.25) is 15.1 Å². The highest BCUT2D eigenvalue weighted by molar-refractivity contribution is 7.92. The third kappa shape index (κ3) is 9.16. The molecule has 1 atom stereocenters. The van der Waals surface area contributed by atoms with Gasteiger partial charge in [0.25, 0.3) is 0 Å². The highest BCUT2D eigenvalue weighted by Gasteiger charge is 2.36. The standard InChI is InChI=1S/C25H29Cl3F3N3O4S/c1-6-20(23(36)32-24(2,3)4)33(13-15-7-9-17(26)19(28)11-15)22(35)14-34(39(5,37)38)21-12-16(25(29,30)31)8-10-18(21)27/h7-12,20H,6,13-14H2,1-5H3,(H,32,36). The maximum atomic E-state index is 13.7. The molecule has 0 bridgehead atoms. The molecule has 2 aromatic rings. The predicted octanol–water partition coefficient (Wildman–Crippen LogP) is 6.15. The van der Waals surface area contributed by atoms with Crippen LogP contribution in [0.4, 0.5) is 18.9 Å². The van der Waals surface area contributed by atoms with Crippen LogP contribution in [0.15, 0.2) is 36.4 Å². The van der Waals surface area contributed by atoms with Crippen LogP contribution in [0.25, 0.3) is 0 Å². The van der Waals surface area contributed by atoms with Gasteiger partial charge in [-0.05, 0) is 63.1 Å². The number of nitrogens with one attached hydrogen (secondary N) is 1. The summed E-state index contributed by atoms with van der Waals surface area (Å²) in [4.78, 5) is 28.0. The average molecular weight is 631 g/mol. The van der Waals surface area contributed by atoms with E-state index in [4.69, 9.17) is 34.8 Å². The molecule has 0 saturated carbocycles. The summed E-state index contributed by atoms with van der Waals surface area (Å²) in [7, 11) is -4.30. The Balaban J connectivity index is 2.59. The number of rotatable bonds is 9. The van der Waals surface area contributed by atoms with Gasteiger partial charge < -0.3 is 10.2 Å². The van der Waals surface area contributed by atoms with Crippen molar-refractivity contribution >= 4 is 62.3 Å². The van der Waals surface area contributed by atoms with Crippen molar-refractivity contribution in [3.05, 3.63) is 62.6 Å². The van der Waals surface area contributed by atoms with Gasteiger partial charge in [-0.25, -0.2) is 8.42 Å². The lowest BCUT2D eigenvalue weighted by Crippen LogP contribution is -2.55. The van der Waals surface area contributed by atoms with E-state index in [9.17, 15) is 31.2 Å². The molecule has 1 N–H and O–H groups in total. The predicted molar refractivity (Wildman–Crippen MR) is 148 cm³/mol. The number of carbonyl (C=O) groups is 2. The Kier molecular flexibility index (Phi) is 10.6. The van der Waals surface area contributed by atoms with Crippen molar-refractivity contribution in [1.82, 2.24) is 10.2 Å². The molecule has 2 aromatic carbocycles. The van der Waals surface area contributed by atoms with Crippen molar-refractivity contribution in [3.63, 3.8) is 0 Å². The molecule has 0 aromatic heterocycles. The summed E-state index contributed by atoms with van der Waals surface area (Å²) in [5.74, 6) is -1.35. The van der Waals surface area contributed by atoms with E-state index in [0.29, 0.717) is 22.0 Å². The lowest BCUT2D eigenvalue weighted by molar-refractivity contribution is -0.141. The Morgan fingerprint density at radius 3 is 2.05 bits per heavy atom. The molecule has 0 saturated heterocycles. The number of alkyl halides is 3. The van der Waals surface area contributed by atoms with Crippen molar-refractivity contribution in [1.29, 1.82) is 0 Å². The van der Waals surface area contributed by atoms with Crippen LogP contribution in [0.3, 0.4) is 0 Å². The topological polar surface area (TPSA) is 86.8 Å². The van der Waals surface area contributed by atoms with Crippen molar-refractivity contribution in [2.75, 3.05) is 17.1 Å². The van der Waals surface area contributed by atoms with Crippen LogP contribution in [0.5, 0.6) is 0 Å². The maximum Gasteiger partial charge on any atom is 0.416 e. The van der Waals surface area contributed by atoms with E-state index >= 15 is 0 Å². The Morgan fingerprint density at radius 2 is 1.56 bits per heavy atom. The maximum absolute atomic E-state index is 13.7. The second kappa shape index (κ2) is 12.5. The molecule has 0 aliphatic carbocycles. The number of hydrogen-bond acceptors (Lipinski definition) is 4. The van der Waals surface area contributed by atoms with Crippen LogP contribution in [-0.2, 0) is 32.3 Å². The van der Waals surface area contributed by atoms with Gasteiger partial charge in [-0.3, -0.25) is 13.9 Å². The van der Waals surface area contributed by atoms with E-state index < -0.39 is 57.4 Å². The molecular weight excluding hydrogens is 602 g/mol. The van der Waals surface area contributed by atoms with Crippen LogP contribution in [0, 0.1) is 0 Å². The number of carbonyl (C=O) groups excluding carboxylic acids is 2. The van der Waals surface area contributed by atoms with Gasteiger partial charge >= 0.3 is 6.18 Å². The highest BCUT2D eigenvalue weighted by atomic mass is 35.5. The quantitative estimate of drug-likeness (QED) is 0.360. The second-order valence-corrected chi connectivity index (χ2v) is 13.0. The Morgan fingerprint density at radius 1 is 0.974 bits per heavy atom. The molecule has 39 heavy (non-hydrogen) atoms. The first-order chi connectivity index (χ1) is 17.7. The summed E-state index contributed by atoms with van der Waals surface area (Å²) in [6, 6.07) is 5.70. The monoisotopic (exact) mass is 629 g/mol. The smallest absolute Gasteiger partial charge is 0.350 e. The number of benzene rings is 2. The summed E-state index contributed by atoms with van der Waals surface area (Å²) in [5, 5.41) is 2.95. The van der Waals surface area contributed by atoms with Crippen molar-refractivity contribution in [3.8, 4) is 0 Å². The van der Waals surface area contributed by atoms with Crippen molar-refractivity contribution < 1.29 is 31.2 Å². The first-order valence-electron chi connectivity index (χ1n) is 11.6. The zero-order chi connectivity index (χ0) is 29.9. The minimum atomic E-state index is -4.79. The molecule has 2 rings (SSSR count). The molecule has 0 aliphatic heterocycles. The van der Waals surface area contributed by atoms with Gasteiger partial charge in [0.2, 0.25) is 21.8 Å². The summed E-state index contributed by atoms with van der Waals surface area (Å²) < 4.78 is 66.0. The van der Waals surface area contributed by atoms with Gasteiger partial charge in [-0.15, -0.1) is 0 Å². The first-order valence-corrected chi connectivity index (χ1v) is 14.6. The van der Waals surface area contributed by atoms with Gasteiger partial charge in [0.15, 0.2) is 0 Å². The third-order valence-electron chi connectivity index (χ3n) is 5.44. The second-order valence-electron chi connectivity index (χ2n) is 9.87. The molecule has 7 nitrogen and oxygen atoms in total. The zero-order valence-corrected chi connectivity index (χ0v) is 25.0. The van der Waals surface area contributed by atoms with Crippen LogP contribution in [0.1, 0.15) is 45.2 Å². The first kappa shape index (κ1) is 33.0. The molecule has 0 radical (unpaired) electrons. The minimum Gasteiger partial charge on any atom is -0.350 e. The summed E-state index contributed by atoms with van der Waals surface area (Å²) >= 11 is 18.2. The summed E-state index contributed by atoms with van der Waals surface area (Å²) in [6.07, 6.45) is -3.90. The van der Waals surface area contributed by atoms with Crippen LogP contribution >= 0.6 is 34.8 Å². The van der Waals surface area contributed by atoms with Crippen molar-refractivity contribution in [2.24, 2.45) is 0 Å². The Labute approximate surface area is 241 Å². The van der Waals surface area contributed by atoms with E-state index in [1.54, 1.807) is 33.8 Å². The van der Waals surface area contributed by atoms with Gasteiger partial charge in [0.05, 0.1) is 32.6 Å². The summed E-state index contributed by atoms with van der Waals surface area (Å²) in [5.41, 5.74) is -1.83. The molecule has 14 heteroatoms. The molecule has 0 fully saturated rings. The van der Waals surface area contributed by atoms with Gasteiger partial charge in [-0.2, -0.15) is 13.2 Å². The van der Waals surface area contributed by atoms with E-state index in [0.717, 1.165) is 17.2 Å². The molecule has 0 aliphatic rings. The molecular formula is C25H29Cl3F3N3O4S. The number of hydrogen-bond donors (Lipinski definition) is 1. The number of sulfonamides is 1. The lowest BCUT2D eigenvalue weighted by Gasteiger charge is -2.34. The van der Waals surface area contributed by atoms with Crippen molar-refractivity contribution in [2.45, 2.75) is 58.4 Å². The number of amides is 2. The van der Waals surface area contributed by atoms with E-state index in [1.165, 1.54) is 12.1 Å². The van der Waals surface area contributed by atoms with E-state index in [1.807, 2.05) is 0 Å². The SMILES string of the molecule is CCC(C(=O)NC(C)(C)C)N(Cc1ccc(Cl)c(Cl)c1)C(=O)CN(c1cc(C(F)(F)F)ccc1Cl)S(C)(=O)=O. The lowest BCUT2D eigenvalue weighted by atomic mass is 10.1. The van der Waals surface area contributed by atoms with Gasteiger partial charge in [0.1, 0.15) is 12.6 Å². The number of halogens is 6. The van der Waals surface area contributed by atoms with Gasteiger partial charge in [-0.1, -0.05) is 47.8 Å². The average Bonchev–Trinajstić information content (AvgIpc) is 2.77. The molecule has 2 amide bonds. The van der Waals surface area contributed by atoms with Crippen LogP contribution in [-0.4, -0.2) is 49.5 Å². The Hall–Kier alpha value is -2.21. The molecule has 216 valence electrons. The highest BCUT2D eigenvalue weighted by Crippen LogP contribution is 2.36. The minimum absolute atomic E-state index is 0.151. The largest absolute Gasteiger partial charge is 0.416 e. The van der Waals surface area contributed by atoms with E-state index in [2.05, 4.69) is 5.32 Å². The molecule has 0 spiro atoms. The fourth-order valence-corrected chi connectivity index (χ4v) is 5.13. The van der Waals surface area contributed by atoms with E-state index in [-0.39, 0.29) is 28.0 Å². The fraction of sp³-hybridized carbons (Fsp3) is 0.440. The van der Waals surface area contributed by atoms with Gasteiger partial charge in [0, 0.05) is 12.1 Å². The normalized spacial score (nSPS) is 13.1. The Bertz CT molecular complexity index is 1330. The third-order valence-corrected chi connectivity index (χ3v) is 7.63. The molecule has 1 unspecified atom stereocenters. The number of nitrogens with zero attached hydrogens (tertiary/aromatic N) is 2.